The number of nitrogens with one attached hydrogen (secondary N) is 1. The Kier molecular flexibility index (Phi) is 3.42. The molecular weight excluding hydrogens is 316 g/mol. The number of rotatable bonds is 2. The molecule has 2 aliphatic rings. The molecule has 2 atom stereocenters. The lowest BCUT2D eigenvalue weighted by Gasteiger charge is -2.50. The minimum atomic E-state index is -0.727. The zero-order valence-electron chi connectivity index (χ0n) is 14.9. The molecule has 1 N–H and O–H groups in total. The van der Waals surface area contributed by atoms with Gasteiger partial charge in [-0.3, -0.25) is 4.90 Å². The van der Waals surface area contributed by atoms with E-state index in [2.05, 4.69) is 11.4 Å². The molecule has 2 aromatic carbocycles. The van der Waals surface area contributed by atoms with Crippen molar-refractivity contribution in [2.24, 2.45) is 0 Å². The maximum absolute atomic E-state index is 12.9. The lowest BCUT2D eigenvalue weighted by Crippen LogP contribution is -2.65. The van der Waals surface area contributed by atoms with Gasteiger partial charge in [-0.1, -0.05) is 6.07 Å². The maximum Gasteiger partial charge on any atom is 0.325 e. The third-order valence-corrected chi connectivity index (χ3v) is 4.94. The normalized spacial score (nSPS) is 24.2. The third kappa shape index (κ3) is 2.51. The standard InChI is InChI=1S/C20H22N2O3/c1-12-7-13(2)9-14(8-12)22-19(23)21-17-11-20(22,3)25-18-6-5-15(24-4)10-16(17)18/h5-10,17H,11H2,1-4H3,(H,21,23)/t17?,20-/m0/s1. The van der Waals surface area contributed by atoms with Crippen molar-refractivity contribution >= 4 is 11.7 Å². The lowest BCUT2D eigenvalue weighted by molar-refractivity contribution is 0.0377. The molecule has 5 nitrogen and oxygen atoms in total. The predicted molar refractivity (Wildman–Crippen MR) is 96.3 cm³/mol. The Balaban J connectivity index is 1.79. The molecule has 2 heterocycles. The van der Waals surface area contributed by atoms with Crippen molar-refractivity contribution in [2.75, 3.05) is 12.0 Å². The van der Waals surface area contributed by atoms with Crippen molar-refractivity contribution < 1.29 is 14.3 Å². The minimum absolute atomic E-state index is 0.0847. The van der Waals surface area contributed by atoms with Gasteiger partial charge < -0.3 is 14.8 Å². The molecule has 0 spiro atoms. The summed E-state index contributed by atoms with van der Waals surface area (Å²) in [4.78, 5) is 14.6. The van der Waals surface area contributed by atoms with E-state index >= 15 is 0 Å². The van der Waals surface area contributed by atoms with Crippen LogP contribution in [0.4, 0.5) is 10.5 Å². The van der Waals surface area contributed by atoms with E-state index in [1.807, 2.05) is 51.1 Å². The topological polar surface area (TPSA) is 50.8 Å². The quantitative estimate of drug-likeness (QED) is 0.897. The summed E-state index contributed by atoms with van der Waals surface area (Å²) in [6.07, 6.45) is 0.673. The number of hydrogen-bond acceptors (Lipinski definition) is 3. The van der Waals surface area contributed by atoms with Gasteiger partial charge in [-0.05, 0) is 62.2 Å². The predicted octanol–water partition coefficient (Wildman–Crippen LogP) is 4.08. The van der Waals surface area contributed by atoms with Crippen LogP contribution in [0.1, 0.15) is 36.1 Å². The number of amides is 2. The Hall–Kier alpha value is -2.69. The van der Waals surface area contributed by atoms with E-state index in [4.69, 9.17) is 9.47 Å². The van der Waals surface area contributed by atoms with Crippen molar-refractivity contribution in [3.8, 4) is 11.5 Å². The van der Waals surface area contributed by atoms with Crippen LogP contribution in [0.3, 0.4) is 0 Å². The first-order chi connectivity index (χ1) is 11.9. The number of benzene rings is 2. The van der Waals surface area contributed by atoms with Crippen LogP contribution < -0.4 is 19.7 Å². The molecule has 4 rings (SSSR count). The maximum atomic E-state index is 12.9. The zero-order chi connectivity index (χ0) is 17.8. The van der Waals surface area contributed by atoms with E-state index in [0.717, 1.165) is 33.9 Å². The third-order valence-electron chi connectivity index (χ3n) is 4.94. The van der Waals surface area contributed by atoms with E-state index in [1.165, 1.54) is 0 Å². The first kappa shape index (κ1) is 15.8. The van der Waals surface area contributed by atoms with Gasteiger partial charge in [-0.2, -0.15) is 0 Å². The second kappa shape index (κ2) is 5.41. The number of urea groups is 1. The van der Waals surface area contributed by atoms with Gasteiger partial charge in [0.2, 0.25) is 0 Å². The Labute approximate surface area is 147 Å². The molecule has 2 aliphatic heterocycles. The van der Waals surface area contributed by atoms with Crippen LogP contribution in [0.25, 0.3) is 0 Å². The van der Waals surface area contributed by atoms with Crippen LogP contribution >= 0.6 is 0 Å². The van der Waals surface area contributed by atoms with Gasteiger partial charge in [0.25, 0.3) is 0 Å². The second-order valence-electron chi connectivity index (χ2n) is 7.07. The summed E-state index contributed by atoms with van der Waals surface area (Å²) in [5.41, 5.74) is 3.33. The highest BCUT2D eigenvalue weighted by atomic mass is 16.5. The molecule has 0 radical (unpaired) electrons. The fraction of sp³-hybridized carbons (Fsp3) is 0.350. The fourth-order valence-corrected chi connectivity index (χ4v) is 3.95. The van der Waals surface area contributed by atoms with E-state index in [-0.39, 0.29) is 12.1 Å². The summed E-state index contributed by atoms with van der Waals surface area (Å²) >= 11 is 0. The van der Waals surface area contributed by atoms with Gasteiger partial charge in [0.1, 0.15) is 11.5 Å². The molecule has 1 saturated heterocycles. The van der Waals surface area contributed by atoms with Crippen LogP contribution in [-0.2, 0) is 0 Å². The Morgan fingerprint density at radius 1 is 1.20 bits per heavy atom. The van der Waals surface area contributed by atoms with Crippen LogP contribution in [0, 0.1) is 13.8 Å². The molecule has 25 heavy (non-hydrogen) atoms. The van der Waals surface area contributed by atoms with Crippen molar-refractivity contribution in [1.82, 2.24) is 5.32 Å². The fourth-order valence-electron chi connectivity index (χ4n) is 3.95. The zero-order valence-corrected chi connectivity index (χ0v) is 14.9. The van der Waals surface area contributed by atoms with Crippen molar-refractivity contribution in [3.63, 3.8) is 0 Å². The van der Waals surface area contributed by atoms with Crippen molar-refractivity contribution in [2.45, 2.75) is 39.0 Å². The van der Waals surface area contributed by atoms with Gasteiger partial charge in [0.05, 0.1) is 13.2 Å². The van der Waals surface area contributed by atoms with Crippen molar-refractivity contribution in [3.05, 3.63) is 53.1 Å². The Morgan fingerprint density at radius 3 is 2.60 bits per heavy atom. The molecule has 0 aliphatic carbocycles. The number of nitrogens with zero attached hydrogens (tertiary/aromatic N) is 1. The first-order valence-corrected chi connectivity index (χ1v) is 8.45. The molecule has 1 fully saturated rings. The summed E-state index contributed by atoms with van der Waals surface area (Å²) in [6.45, 7) is 6.04. The van der Waals surface area contributed by atoms with E-state index < -0.39 is 5.72 Å². The molecular formula is C20H22N2O3. The first-order valence-electron chi connectivity index (χ1n) is 8.45. The Morgan fingerprint density at radius 2 is 1.92 bits per heavy atom. The average molecular weight is 338 g/mol. The van der Waals surface area contributed by atoms with E-state index in [0.29, 0.717) is 6.42 Å². The molecule has 2 bridgehead atoms. The van der Waals surface area contributed by atoms with Crippen LogP contribution in [-0.4, -0.2) is 18.9 Å². The number of aryl methyl sites for hydroxylation is 2. The largest absolute Gasteiger partial charge is 0.497 e. The van der Waals surface area contributed by atoms with Gasteiger partial charge in [0.15, 0.2) is 5.72 Å². The van der Waals surface area contributed by atoms with E-state index in [1.54, 1.807) is 12.0 Å². The highest BCUT2D eigenvalue weighted by molar-refractivity contribution is 5.95. The van der Waals surface area contributed by atoms with Gasteiger partial charge >= 0.3 is 6.03 Å². The number of methoxy groups -OCH3 is 1. The summed E-state index contributed by atoms with van der Waals surface area (Å²) in [6, 6.07) is 11.6. The van der Waals surface area contributed by atoms with E-state index in [9.17, 15) is 4.79 Å². The number of carbonyl (C=O) groups excluding carboxylic acids is 1. The number of ether oxygens (including phenoxy) is 2. The minimum Gasteiger partial charge on any atom is -0.497 e. The Bertz CT molecular complexity index is 844. The summed E-state index contributed by atoms with van der Waals surface area (Å²) in [5.74, 6) is 1.55. The van der Waals surface area contributed by atoms with Crippen LogP contribution in [0.5, 0.6) is 11.5 Å². The molecule has 0 aromatic heterocycles. The van der Waals surface area contributed by atoms with Gasteiger partial charge in [0, 0.05) is 17.7 Å². The van der Waals surface area contributed by atoms with Gasteiger partial charge in [-0.15, -0.1) is 0 Å². The number of anilines is 1. The highest BCUT2D eigenvalue weighted by Crippen LogP contribution is 2.46. The second-order valence-corrected chi connectivity index (χ2v) is 7.07. The summed E-state index contributed by atoms with van der Waals surface area (Å²) in [7, 11) is 1.64. The van der Waals surface area contributed by atoms with Crippen LogP contribution in [0.15, 0.2) is 36.4 Å². The molecule has 5 heteroatoms. The molecule has 2 aromatic rings. The molecule has 2 amide bonds. The monoisotopic (exact) mass is 338 g/mol. The summed E-state index contributed by atoms with van der Waals surface area (Å²) < 4.78 is 11.6. The van der Waals surface area contributed by atoms with Crippen LogP contribution in [0.2, 0.25) is 0 Å². The number of fused-ring (bicyclic) bond motifs is 4. The van der Waals surface area contributed by atoms with Crippen molar-refractivity contribution in [1.29, 1.82) is 0 Å². The van der Waals surface area contributed by atoms with Gasteiger partial charge in [-0.25, -0.2) is 4.79 Å². The highest BCUT2D eigenvalue weighted by Gasteiger charge is 2.50. The molecule has 1 unspecified atom stereocenters. The molecule has 130 valence electrons. The SMILES string of the molecule is COc1ccc2c(c1)C1C[C@](C)(O2)N(c2cc(C)cc(C)c2)C(=O)N1. The lowest BCUT2D eigenvalue weighted by atomic mass is 9.90. The number of carbonyl (C=O) groups is 1. The molecule has 0 saturated carbocycles. The number of hydrogen-bond donors (Lipinski definition) is 1. The average Bonchev–Trinajstić information content (AvgIpc) is 2.52. The smallest absolute Gasteiger partial charge is 0.325 e. The summed E-state index contributed by atoms with van der Waals surface area (Å²) in [5, 5.41) is 3.12.